The number of benzene rings is 3. The molecule has 3 aromatic carbocycles. The van der Waals surface area contributed by atoms with Crippen LogP contribution in [0.2, 0.25) is 0 Å². The van der Waals surface area contributed by atoms with E-state index in [1.54, 1.807) is 48.1 Å². The van der Waals surface area contributed by atoms with Crippen molar-refractivity contribution in [2.24, 2.45) is 5.92 Å². The van der Waals surface area contributed by atoms with Crippen molar-refractivity contribution < 1.29 is 13.2 Å². The van der Waals surface area contributed by atoms with Gasteiger partial charge in [-0.1, -0.05) is 37.3 Å². The number of nitrogens with zero attached hydrogens (tertiary/aromatic N) is 3. The molecule has 1 fully saturated rings. The number of rotatable bonds is 8. The van der Waals surface area contributed by atoms with E-state index in [0.29, 0.717) is 40.6 Å². The normalized spacial score (nSPS) is 16.4. The molecule has 5 rings (SSSR count). The zero-order valence-electron chi connectivity index (χ0n) is 21.6. The number of ether oxygens (including phenoxy) is 1. The van der Waals surface area contributed by atoms with E-state index in [0.717, 1.165) is 38.0 Å². The van der Waals surface area contributed by atoms with Crippen LogP contribution in [0.3, 0.4) is 0 Å². The lowest BCUT2D eigenvalue weighted by Gasteiger charge is -2.32. The van der Waals surface area contributed by atoms with Gasteiger partial charge in [-0.15, -0.1) is 0 Å². The van der Waals surface area contributed by atoms with Crippen molar-refractivity contribution in [3.63, 3.8) is 0 Å². The third-order valence-corrected chi connectivity index (χ3v) is 8.50. The Hall–Kier alpha value is -3.69. The van der Waals surface area contributed by atoms with Crippen LogP contribution in [-0.4, -0.2) is 49.6 Å². The summed E-state index contributed by atoms with van der Waals surface area (Å²) in [4.78, 5) is 21.5. The largest absolute Gasteiger partial charge is 0.496 e. The molecule has 0 spiro atoms. The van der Waals surface area contributed by atoms with E-state index in [1.165, 1.54) is 12.1 Å². The highest BCUT2D eigenvalue weighted by molar-refractivity contribution is 7.92. The van der Waals surface area contributed by atoms with E-state index in [-0.39, 0.29) is 10.5 Å². The lowest BCUT2D eigenvalue weighted by Crippen LogP contribution is -2.38. The first-order chi connectivity index (χ1) is 18.4. The standard InChI is InChI=1S/C29H32N4O4S/c1-3-32-17-9-10-21(19-32)20-33-28(24-13-7-8-14-27(24)37-2)30-26-16-15-22(18-25(26)29(33)34)31-38(35,36)23-11-5-4-6-12-23/h4-8,11-16,18,21,31H,3,9-10,17,19-20H2,1-2H3. The van der Waals surface area contributed by atoms with E-state index >= 15 is 0 Å². The minimum atomic E-state index is -3.80. The van der Waals surface area contributed by atoms with Gasteiger partial charge in [0, 0.05) is 18.8 Å². The molecule has 4 aromatic rings. The fourth-order valence-electron chi connectivity index (χ4n) is 5.15. The third kappa shape index (κ3) is 5.30. The molecule has 0 amide bonds. The molecule has 0 radical (unpaired) electrons. The quantitative estimate of drug-likeness (QED) is 0.356. The number of anilines is 1. The Balaban J connectivity index is 1.61. The Labute approximate surface area is 223 Å². The third-order valence-electron chi connectivity index (χ3n) is 7.10. The van der Waals surface area contributed by atoms with E-state index in [1.807, 2.05) is 24.3 Å². The number of hydrogen-bond donors (Lipinski definition) is 1. The maximum absolute atomic E-state index is 14.0. The number of para-hydroxylation sites is 1. The summed E-state index contributed by atoms with van der Waals surface area (Å²) in [6.07, 6.45) is 2.12. The zero-order valence-corrected chi connectivity index (χ0v) is 22.4. The van der Waals surface area contributed by atoms with Crippen LogP contribution in [0.5, 0.6) is 5.75 Å². The van der Waals surface area contributed by atoms with Crippen molar-refractivity contribution in [2.45, 2.75) is 31.2 Å². The molecule has 1 unspecified atom stereocenters. The van der Waals surface area contributed by atoms with Crippen molar-refractivity contribution in [3.05, 3.63) is 83.2 Å². The number of aromatic nitrogens is 2. The molecular weight excluding hydrogens is 500 g/mol. The molecule has 8 nitrogen and oxygen atoms in total. The Morgan fingerprint density at radius 2 is 1.82 bits per heavy atom. The number of hydrogen-bond acceptors (Lipinski definition) is 6. The molecule has 1 aliphatic heterocycles. The van der Waals surface area contributed by atoms with E-state index < -0.39 is 10.0 Å². The molecule has 198 valence electrons. The maximum Gasteiger partial charge on any atom is 0.261 e. The van der Waals surface area contributed by atoms with Gasteiger partial charge in [-0.3, -0.25) is 14.1 Å². The minimum Gasteiger partial charge on any atom is -0.496 e. The first-order valence-corrected chi connectivity index (χ1v) is 14.4. The zero-order chi connectivity index (χ0) is 26.7. The Kier molecular flexibility index (Phi) is 7.49. The fraction of sp³-hybridized carbons (Fsp3) is 0.310. The van der Waals surface area contributed by atoms with Crippen LogP contribution in [0.4, 0.5) is 5.69 Å². The van der Waals surface area contributed by atoms with Crippen molar-refractivity contribution >= 4 is 26.6 Å². The first-order valence-electron chi connectivity index (χ1n) is 12.9. The summed E-state index contributed by atoms with van der Waals surface area (Å²) in [6, 6.07) is 20.6. The molecule has 1 atom stereocenters. The van der Waals surface area contributed by atoms with Gasteiger partial charge in [-0.2, -0.15) is 0 Å². The molecule has 0 aliphatic carbocycles. The van der Waals surface area contributed by atoms with Crippen LogP contribution >= 0.6 is 0 Å². The highest BCUT2D eigenvalue weighted by atomic mass is 32.2. The molecule has 38 heavy (non-hydrogen) atoms. The van der Waals surface area contributed by atoms with Gasteiger partial charge in [0.05, 0.1) is 28.5 Å². The maximum atomic E-state index is 14.0. The van der Waals surface area contributed by atoms with Gasteiger partial charge >= 0.3 is 0 Å². The topological polar surface area (TPSA) is 93.5 Å². The molecular formula is C29H32N4O4S. The lowest BCUT2D eigenvalue weighted by molar-refractivity contribution is 0.169. The van der Waals surface area contributed by atoms with Gasteiger partial charge in [0.25, 0.3) is 15.6 Å². The second-order valence-electron chi connectivity index (χ2n) is 9.60. The molecule has 0 bridgehead atoms. The monoisotopic (exact) mass is 532 g/mol. The number of sulfonamides is 1. The van der Waals surface area contributed by atoms with Crippen LogP contribution in [0.1, 0.15) is 19.8 Å². The first kappa shape index (κ1) is 25.9. The van der Waals surface area contributed by atoms with E-state index in [2.05, 4.69) is 16.5 Å². The second-order valence-corrected chi connectivity index (χ2v) is 11.3. The summed E-state index contributed by atoms with van der Waals surface area (Å²) in [5.41, 5.74) is 1.34. The Bertz CT molecular complexity index is 1600. The molecule has 1 saturated heterocycles. The van der Waals surface area contributed by atoms with Crippen LogP contribution < -0.4 is 15.0 Å². The van der Waals surface area contributed by atoms with Crippen molar-refractivity contribution in [2.75, 3.05) is 31.5 Å². The molecule has 0 saturated carbocycles. The molecule has 9 heteroatoms. The van der Waals surface area contributed by atoms with Crippen LogP contribution in [0.15, 0.2) is 82.5 Å². The minimum absolute atomic E-state index is 0.153. The summed E-state index contributed by atoms with van der Waals surface area (Å²) in [5, 5.41) is 0.361. The van der Waals surface area contributed by atoms with Gasteiger partial charge in [0.15, 0.2) is 0 Å². The molecule has 1 N–H and O–H groups in total. The van der Waals surface area contributed by atoms with Gasteiger partial charge in [0.1, 0.15) is 11.6 Å². The average Bonchev–Trinajstić information content (AvgIpc) is 2.95. The van der Waals surface area contributed by atoms with Crippen LogP contribution in [-0.2, 0) is 16.6 Å². The number of piperidine rings is 1. The van der Waals surface area contributed by atoms with E-state index in [9.17, 15) is 13.2 Å². The highest BCUT2D eigenvalue weighted by Crippen LogP contribution is 2.30. The van der Waals surface area contributed by atoms with Gasteiger partial charge in [0.2, 0.25) is 0 Å². The highest BCUT2D eigenvalue weighted by Gasteiger charge is 2.24. The summed E-state index contributed by atoms with van der Waals surface area (Å²) >= 11 is 0. The second kappa shape index (κ2) is 11.0. The number of fused-ring (bicyclic) bond motifs is 1. The summed E-state index contributed by atoms with van der Waals surface area (Å²) in [7, 11) is -2.19. The van der Waals surface area contributed by atoms with Crippen molar-refractivity contribution in [1.82, 2.24) is 14.5 Å². The predicted molar refractivity (Wildman–Crippen MR) is 150 cm³/mol. The summed E-state index contributed by atoms with van der Waals surface area (Å²) in [5.74, 6) is 1.48. The predicted octanol–water partition coefficient (Wildman–Crippen LogP) is 4.60. The fourth-order valence-corrected chi connectivity index (χ4v) is 6.22. The SMILES string of the molecule is CCN1CCCC(Cn2c(-c3ccccc3OC)nc3ccc(NS(=O)(=O)c4ccccc4)cc3c2=O)C1. The molecule has 1 aromatic heterocycles. The average molecular weight is 533 g/mol. The lowest BCUT2D eigenvalue weighted by atomic mass is 9.97. The number of nitrogens with one attached hydrogen (secondary N) is 1. The van der Waals surface area contributed by atoms with Gasteiger partial charge in [-0.25, -0.2) is 13.4 Å². The number of methoxy groups -OCH3 is 1. The summed E-state index contributed by atoms with van der Waals surface area (Å²) < 4.78 is 35.7. The van der Waals surface area contributed by atoms with E-state index in [4.69, 9.17) is 9.72 Å². The van der Waals surface area contributed by atoms with Crippen LogP contribution in [0.25, 0.3) is 22.3 Å². The van der Waals surface area contributed by atoms with Crippen molar-refractivity contribution in [3.8, 4) is 17.1 Å². The molecule has 2 heterocycles. The van der Waals surface area contributed by atoms with Crippen LogP contribution in [0, 0.1) is 5.92 Å². The smallest absolute Gasteiger partial charge is 0.261 e. The van der Waals surface area contributed by atoms with Gasteiger partial charge < -0.3 is 9.64 Å². The number of likely N-dealkylation sites (tertiary alicyclic amines) is 1. The van der Waals surface area contributed by atoms with Crippen molar-refractivity contribution in [1.29, 1.82) is 0 Å². The Morgan fingerprint density at radius 3 is 2.58 bits per heavy atom. The molecule has 1 aliphatic rings. The summed E-state index contributed by atoms with van der Waals surface area (Å²) in [6.45, 7) is 5.65. The Morgan fingerprint density at radius 1 is 1.05 bits per heavy atom. The van der Waals surface area contributed by atoms with Gasteiger partial charge in [-0.05, 0) is 74.3 Å².